The summed E-state index contributed by atoms with van der Waals surface area (Å²) < 4.78 is 8.12. The van der Waals surface area contributed by atoms with Gasteiger partial charge in [0.25, 0.3) is 0 Å². The molecule has 0 heterocycles. The predicted molar refractivity (Wildman–Crippen MR) is 6.44 cm³/mol. The van der Waals surface area contributed by atoms with E-state index in [1.165, 1.54) is 15.9 Å². The molecule has 0 rings (SSSR count). The molecule has 0 N–H and O–H groups in total. The van der Waals surface area contributed by atoms with Crippen molar-refractivity contribution >= 4 is 15.9 Å². The monoisotopic (exact) mass is 274 g/mol. The van der Waals surface area contributed by atoms with Crippen molar-refractivity contribution in [3.8, 4) is 0 Å². The van der Waals surface area contributed by atoms with Crippen LogP contribution in [0.25, 0.3) is 0 Å². The largest absolute Gasteiger partial charge is 0 e. The Morgan fingerprint density at radius 2 is 1.25 bits per heavy atom. The van der Waals surface area contributed by atoms with E-state index in [0.29, 0.717) is 0 Å². The van der Waals surface area contributed by atoms with E-state index in [0.717, 1.165) is 0 Å². The Kier molecular flexibility index (Phi) is 88.3. The van der Waals surface area contributed by atoms with Crippen LogP contribution in [0.2, 0.25) is 0 Å². The maximum atomic E-state index is 8.12. The van der Waals surface area contributed by atoms with Crippen molar-refractivity contribution in [3.05, 3.63) is 0 Å². The zero-order chi connectivity index (χ0) is 2.00. The SMILES string of the molecule is O=[Se].[Cd].[Zn]. The van der Waals surface area contributed by atoms with E-state index in [9.17, 15) is 0 Å². The second kappa shape index (κ2) is 20.9. The first-order valence-electron chi connectivity index (χ1n) is 0.167. The molecule has 0 aromatic rings. The van der Waals surface area contributed by atoms with Crippen LogP contribution < -0.4 is 0 Å². The van der Waals surface area contributed by atoms with Crippen molar-refractivity contribution in [2.24, 2.45) is 0 Å². The maximum absolute atomic E-state index is 8.12. The molecule has 4 heavy (non-hydrogen) atoms. The summed E-state index contributed by atoms with van der Waals surface area (Å²) in [7, 11) is 0. The summed E-state index contributed by atoms with van der Waals surface area (Å²) >= 11 is 1.38. The number of hydrogen-bond acceptors (Lipinski definition) is 1. The second-order valence-corrected chi connectivity index (χ2v) is 0. The van der Waals surface area contributed by atoms with Crippen LogP contribution in [0.15, 0.2) is 0 Å². The fraction of sp³-hybridized carbons (Fsp3) is 0. The summed E-state index contributed by atoms with van der Waals surface area (Å²) in [6, 6.07) is 0. The van der Waals surface area contributed by atoms with E-state index in [1.807, 2.05) is 0 Å². The molecule has 0 unspecified atom stereocenters. The van der Waals surface area contributed by atoms with Crippen LogP contribution in [0.3, 0.4) is 0 Å². The zero-order valence-corrected chi connectivity index (χ0v) is 10.9. The molecule has 4 heteroatoms. The van der Waals surface area contributed by atoms with Gasteiger partial charge in [0.15, 0.2) is 0 Å². The third-order valence-electron chi connectivity index (χ3n) is 0. The molecule has 0 spiro atoms. The standard InChI is InChI=1S/Cd.OSe.Zn/c;1-2;. The second-order valence-electron chi connectivity index (χ2n) is 0. The number of hydrogen-bond donors (Lipinski definition) is 0. The van der Waals surface area contributed by atoms with E-state index in [1.54, 1.807) is 0 Å². The molecular weight excluding hydrogens is 273 g/mol. The van der Waals surface area contributed by atoms with Crippen LogP contribution in [0.5, 0.6) is 0 Å². The van der Waals surface area contributed by atoms with E-state index in [-0.39, 0.29) is 46.8 Å². The first kappa shape index (κ1) is 16.9. The minimum atomic E-state index is 0. The fourth-order valence-electron chi connectivity index (χ4n) is 0. The van der Waals surface area contributed by atoms with Gasteiger partial charge in [-0.05, 0) is 0 Å². The Hall–Kier alpha value is 1.86. The van der Waals surface area contributed by atoms with Gasteiger partial charge < -0.3 is 0 Å². The van der Waals surface area contributed by atoms with Gasteiger partial charge in [-0.1, -0.05) is 0 Å². The summed E-state index contributed by atoms with van der Waals surface area (Å²) in [5.41, 5.74) is 0. The Bertz CT molecular complexity index is 8.00. The summed E-state index contributed by atoms with van der Waals surface area (Å²) in [6.07, 6.45) is 0. The van der Waals surface area contributed by atoms with E-state index >= 15 is 0 Å². The third-order valence-corrected chi connectivity index (χ3v) is 0. The molecule has 0 saturated heterocycles. The molecule has 1 nitrogen and oxygen atoms in total. The average molecular weight is 273 g/mol. The van der Waals surface area contributed by atoms with Gasteiger partial charge >= 0.3 is 19.8 Å². The summed E-state index contributed by atoms with van der Waals surface area (Å²) in [6.45, 7) is 0. The molecule has 0 radical (unpaired) electrons. The van der Waals surface area contributed by atoms with Gasteiger partial charge in [-0.15, -0.1) is 0 Å². The normalized spacial score (nSPS) is 1.00. The van der Waals surface area contributed by atoms with Gasteiger partial charge in [0, 0.05) is 46.8 Å². The first-order valence-corrected chi connectivity index (χ1v) is 0.866. The molecule has 0 aliphatic heterocycles. The van der Waals surface area contributed by atoms with Crippen LogP contribution in [0, 0.1) is 0 Å². The van der Waals surface area contributed by atoms with E-state index in [4.69, 9.17) is 3.83 Å². The van der Waals surface area contributed by atoms with Gasteiger partial charge in [0.1, 0.15) is 0 Å². The molecule has 0 atom stereocenters. The smallest absolute Gasteiger partial charge is 0 e. The summed E-state index contributed by atoms with van der Waals surface area (Å²) in [5, 5.41) is 0. The molecule has 0 saturated carbocycles. The summed E-state index contributed by atoms with van der Waals surface area (Å²) in [5.74, 6) is 0. The zero-order valence-electron chi connectivity index (χ0n) is 2.23. The van der Waals surface area contributed by atoms with Crippen LogP contribution >= 0.6 is 0 Å². The van der Waals surface area contributed by atoms with E-state index in [2.05, 4.69) is 0 Å². The summed E-state index contributed by atoms with van der Waals surface area (Å²) in [4.78, 5) is 0. The maximum Gasteiger partial charge on any atom is 0 e. The average Bonchev–Trinajstić information content (AvgIpc) is 1.00. The minimum Gasteiger partial charge on any atom is 0 e. The molecule has 0 amide bonds. The van der Waals surface area contributed by atoms with Crippen molar-refractivity contribution in [2.75, 3.05) is 0 Å². The Morgan fingerprint density at radius 3 is 1.25 bits per heavy atom. The van der Waals surface area contributed by atoms with Crippen molar-refractivity contribution in [1.29, 1.82) is 0 Å². The molecule has 0 aromatic carbocycles. The van der Waals surface area contributed by atoms with Crippen LogP contribution in [0.1, 0.15) is 0 Å². The van der Waals surface area contributed by atoms with Gasteiger partial charge in [-0.2, -0.15) is 0 Å². The van der Waals surface area contributed by atoms with Crippen molar-refractivity contribution in [2.45, 2.75) is 0 Å². The Labute approximate surface area is 65.8 Å². The molecule has 0 fully saturated rings. The molecule has 0 aliphatic rings. The Morgan fingerprint density at radius 1 is 1.25 bits per heavy atom. The fourth-order valence-corrected chi connectivity index (χ4v) is 0. The molecule has 0 aliphatic carbocycles. The van der Waals surface area contributed by atoms with E-state index < -0.39 is 0 Å². The van der Waals surface area contributed by atoms with Gasteiger partial charge in [-0.3, -0.25) is 0 Å². The molecule has 0 aromatic heterocycles. The van der Waals surface area contributed by atoms with Gasteiger partial charge in [0.2, 0.25) is 0 Å². The minimum absolute atomic E-state index is 0. The quantitative estimate of drug-likeness (QED) is 0.543. The van der Waals surface area contributed by atoms with Crippen molar-refractivity contribution < 1.29 is 50.6 Å². The molecular formula is CdOSeZn. The van der Waals surface area contributed by atoms with Gasteiger partial charge in [-0.25, -0.2) is 0 Å². The van der Waals surface area contributed by atoms with Crippen LogP contribution in [-0.2, 0) is 50.6 Å². The third kappa shape index (κ3) is 9.12. The topological polar surface area (TPSA) is 17.1 Å². The van der Waals surface area contributed by atoms with Crippen LogP contribution in [-0.4, -0.2) is 15.9 Å². The predicted octanol–water partition coefficient (Wildman–Crippen LogP) is -0.505. The van der Waals surface area contributed by atoms with Gasteiger partial charge in [0.05, 0.1) is 0 Å². The van der Waals surface area contributed by atoms with Crippen LogP contribution in [0.4, 0.5) is 0 Å². The van der Waals surface area contributed by atoms with Crippen molar-refractivity contribution in [3.63, 3.8) is 0 Å². The number of rotatable bonds is 0. The first-order chi connectivity index (χ1) is 1.00. The molecule has 16 valence electrons. The Balaban J connectivity index is -0.00000000500. The van der Waals surface area contributed by atoms with Crippen molar-refractivity contribution in [1.82, 2.24) is 0 Å². The molecule has 0 bridgehead atoms.